The van der Waals surface area contributed by atoms with Gasteiger partial charge in [0.15, 0.2) is 5.96 Å². The monoisotopic (exact) mass is 466 g/mol. The van der Waals surface area contributed by atoms with Gasteiger partial charge in [-0.1, -0.05) is 6.07 Å². The average molecular weight is 466 g/mol. The van der Waals surface area contributed by atoms with Crippen molar-refractivity contribution in [3.8, 4) is 0 Å². The van der Waals surface area contributed by atoms with Crippen molar-refractivity contribution < 1.29 is 4.74 Å². The van der Waals surface area contributed by atoms with Crippen LogP contribution in [0, 0.1) is 5.92 Å². The van der Waals surface area contributed by atoms with E-state index in [0.29, 0.717) is 12.5 Å². The summed E-state index contributed by atoms with van der Waals surface area (Å²) in [5.41, 5.74) is 0. The number of nitrogens with zero attached hydrogens (tertiary/aromatic N) is 2. The first-order chi connectivity index (χ1) is 11.2. The summed E-state index contributed by atoms with van der Waals surface area (Å²) < 4.78 is 5.16. The van der Waals surface area contributed by atoms with Crippen molar-refractivity contribution in [1.29, 1.82) is 0 Å². The number of nitrogens with one attached hydrogen (secondary N) is 2. The number of guanidine groups is 1. The summed E-state index contributed by atoms with van der Waals surface area (Å²) in [5, 5.41) is 8.99. The van der Waals surface area contributed by atoms with Crippen LogP contribution in [0.2, 0.25) is 0 Å². The van der Waals surface area contributed by atoms with Crippen LogP contribution in [0.1, 0.15) is 24.6 Å². The quantitative estimate of drug-likeness (QED) is 0.369. The van der Waals surface area contributed by atoms with Crippen molar-refractivity contribution in [1.82, 2.24) is 15.5 Å². The highest BCUT2D eigenvalue weighted by Crippen LogP contribution is 2.19. The Morgan fingerprint density at radius 1 is 1.54 bits per heavy atom. The maximum atomic E-state index is 5.16. The standard InChI is InChI=1S/C17H30N4OS.HI/c1-14(13-22-3)20-17(18-2)19-10-15-6-4-8-21(11-15)12-16-7-5-9-23-16;/h5,7,9,14-15H,4,6,8,10-13H2,1-3H3,(H2,18,19,20);1H. The Hall–Kier alpha value is -0.380. The highest BCUT2D eigenvalue weighted by molar-refractivity contribution is 14.0. The van der Waals surface area contributed by atoms with Crippen LogP contribution >= 0.6 is 35.3 Å². The predicted molar refractivity (Wildman–Crippen MR) is 114 cm³/mol. The number of ether oxygens (including phenoxy) is 1. The van der Waals surface area contributed by atoms with Gasteiger partial charge in [0.05, 0.1) is 6.61 Å². The topological polar surface area (TPSA) is 48.9 Å². The van der Waals surface area contributed by atoms with Gasteiger partial charge in [0.1, 0.15) is 0 Å². The molecule has 2 heterocycles. The van der Waals surface area contributed by atoms with Crippen LogP contribution in [0.25, 0.3) is 0 Å². The molecule has 0 spiro atoms. The Labute approximate surface area is 167 Å². The van der Waals surface area contributed by atoms with Crippen LogP contribution < -0.4 is 10.6 Å². The zero-order chi connectivity index (χ0) is 16.5. The Bertz CT molecular complexity index is 469. The van der Waals surface area contributed by atoms with Gasteiger partial charge < -0.3 is 15.4 Å². The van der Waals surface area contributed by atoms with Crippen LogP contribution in [-0.4, -0.2) is 57.3 Å². The minimum absolute atomic E-state index is 0. The number of likely N-dealkylation sites (tertiary alicyclic amines) is 1. The molecule has 2 unspecified atom stereocenters. The fourth-order valence-electron chi connectivity index (χ4n) is 3.05. The molecular weight excluding hydrogens is 435 g/mol. The molecule has 24 heavy (non-hydrogen) atoms. The molecular formula is C17H31IN4OS. The number of hydrogen-bond donors (Lipinski definition) is 2. The second kappa shape index (κ2) is 12.1. The van der Waals surface area contributed by atoms with Crippen molar-refractivity contribution in [3.05, 3.63) is 22.4 Å². The SMILES string of the molecule is CN=C(NCC1CCCN(Cc2cccs2)C1)NC(C)COC.I. The average Bonchev–Trinajstić information content (AvgIpc) is 3.05. The van der Waals surface area contributed by atoms with Gasteiger partial charge in [0.2, 0.25) is 0 Å². The van der Waals surface area contributed by atoms with E-state index in [4.69, 9.17) is 4.74 Å². The summed E-state index contributed by atoms with van der Waals surface area (Å²) in [6, 6.07) is 4.63. The Morgan fingerprint density at radius 2 is 2.38 bits per heavy atom. The van der Waals surface area contributed by atoms with Gasteiger partial charge in [0, 0.05) is 44.7 Å². The second-order valence-electron chi connectivity index (χ2n) is 6.28. The molecule has 0 bridgehead atoms. The smallest absolute Gasteiger partial charge is 0.191 e. The molecule has 0 amide bonds. The Morgan fingerprint density at radius 3 is 3.04 bits per heavy atom. The fraction of sp³-hybridized carbons (Fsp3) is 0.706. The molecule has 1 fully saturated rings. The lowest BCUT2D eigenvalue weighted by atomic mass is 9.98. The summed E-state index contributed by atoms with van der Waals surface area (Å²) in [4.78, 5) is 8.34. The summed E-state index contributed by atoms with van der Waals surface area (Å²) in [7, 11) is 3.54. The second-order valence-corrected chi connectivity index (χ2v) is 7.31. The van der Waals surface area contributed by atoms with E-state index in [1.54, 1.807) is 7.11 Å². The van der Waals surface area contributed by atoms with Crippen molar-refractivity contribution in [3.63, 3.8) is 0 Å². The lowest BCUT2D eigenvalue weighted by Crippen LogP contribution is -2.47. The summed E-state index contributed by atoms with van der Waals surface area (Å²) >= 11 is 1.85. The molecule has 1 aromatic rings. The van der Waals surface area contributed by atoms with E-state index >= 15 is 0 Å². The first-order valence-corrected chi connectivity index (χ1v) is 9.30. The van der Waals surface area contributed by atoms with Crippen LogP contribution in [0.5, 0.6) is 0 Å². The fourth-order valence-corrected chi connectivity index (χ4v) is 3.79. The number of thiophene rings is 1. The van der Waals surface area contributed by atoms with E-state index in [-0.39, 0.29) is 30.0 Å². The van der Waals surface area contributed by atoms with Gasteiger partial charge in [-0.25, -0.2) is 0 Å². The third-order valence-electron chi connectivity index (χ3n) is 4.14. The van der Waals surface area contributed by atoms with Gasteiger partial charge in [0.25, 0.3) is 0 Å². The molecule has 138 valence electrons. The first-order valence-electron chi connectivity index (χ1n) is 8.42. The lowest BCUT2D eigenvalue weighted by molar-refractivity contribution is 0.168. The molecule has 1 aliphatic rings. The largest absolute Gasteiger partial charge is 0.383 e. The predicted octanol–water partition coefficient (Wildman–Crippen LogP) is 2.78. The van der Waals surface area contributed by atoms with E-state index in [1.165, 1.54) is 24.3 Å². The number of hydrogen-bond acceptors (Lipinski definition) is 4. The summed E-state index contributed by atoms with van der Waals surface area (Å²) in [6.07, 6.45) is 2.57. The van der Waals surface area contributed by atoms with Crippen molar-refractivity contribution in [2.45, 2.75) is 32.4 Å². The lowest BCUT2D eigenvalue weighted by Gasteiger charge is -2.33. The maximum absolute atomic E-state index is 5.16. The molecule has 5 nitrogen and oxygen atoms in total. The molecule has 0 saturated carbocycles. The number of piperidine rings is 1. The zero-order valence-electron chi connectivity index (χ0n) is 15.0. The molecule has 7 heteroatoms. The van der Waals surface area contributed by atoms with Gasteiger partial charge in [-0.2, -0.15) is 0 Å². The molecule has 2 atom stereocenters. The van der Waals surface area contributed by atoms with Gasteiger partial charge in [-0.15, -0.1) is 35.3 Å². The van der Waals surface area contributed by atoms with Gasteiger partial charge in [-0.05, 0) is 43.7 Å². The number of halogens is 1. The highest BCUT2D eigenvalue weighted by Gasteiger charge is 2.20. The Kier molecular flexibility index (Phi) is 10.9. The molecule has 2 N–H and O–H groups in total. The van der Waals surface area contributed by atoms with Crippen LogP contribution in [0.4, 0.5) is 0 Å². The molecule has 1 saturated heterocycles. The van der Waals surface area contributed by atoms with E-state index < -0.39 is 0 Å². The zero-order valence-corrected chi connectivity index (χ0v) is 18.1. The normalized spacial score (nSPS) is 20.3. The van der Waals surface area contributed by atoms with E-state index in [9.17, 15) is 0 Å². The number of rotatable bonds is 7. The molecule has 2 rings (SSSR count). The summed E-state index contributed by atoms with van der Waals surface area (Å²) in [5.74, 6) is 1.55. The van der Waals surface area contributed by atoms with Crippen LogP contribution in [0.15, 0.2) is 22.5 Å². The van der Waals surface area contributed by atoms with Gasteiger partial charge >= 0.3 is 0 Å². The first kappa shape index (κ1) is 21.7. The van der Waals surface area contributed by atoms with Crippen molar-refractivity contribution in [2.75, 3.05) is 40.4 Å². The number of methoxy groups -OCH3 is 1. The molecule has 0 aliphatic carbocycles. The van der Waals surface area contributed by atoms with Crippen molar-refractivity contribution in [2.24, 2.45) is 10.9 Å². The third-order valence-corrected chi connectivity index (χ3v) is 5.01. The molecule has 0 radical (unpaired) electrons. The minimum Gasteiger partial charge on any atom is -0.383 e. The van der Waals surface area contributed by atoms with E-state index in [2.05, 4.69) is 45.0 Å². The molecule has 0 aromatic carbocycles. The van der Waals surface area contributed by atoms with E-state index in [1.807, 2.05) is 18.4 Å². The molecule has 1 aromatic heterocycles. The van der Waals surface area contributed by atoms with Crippen LogP contribution in [-0.2, 0) is 11.3 Å². The maximum Gasteiger partial charge on any atom is 0.191 e. The van der Waals surface area contributed by atoms with Gasteiger partial charge in [-0.3, -0.25) is 9.89 Å². The van der Waals surface area contributed by atoms with Crippen LogP contribution in [0.3, 0.4) is 0 Å². The van der Waals surface area contributed by atoms with E-state index in [0.717, 1.165) is 25.6 Å². The highest BCUT2D eigenvalue weighted by atomic mass is 127. The Balaban J connectivity index is 0.00000288. The third kappa shape index (κ3) is 7.67. The summed E-state index contributed by atoms with van der Waals surface area (Å²) in [6.45, 7) is 7.21. The molecule has 1 aliphatic heterocycles. The minimum atomic E-state index is 0. The number of aliphatic imine (C=N–C) groups is 1. The van der Waals surface area contributed by atoms with Crippen molar-refractivity contribution >= 4 is 41.3 Å².